The molecule has 0 saturated carbocycles. The second-order valence-electron chi connectivity index (χ2n) is 5.86. The summed E-state index contributed by atoms with van der Waals surface area (Å²) in [5.41, 5.74) is -0.827. The van der Waals surface area contributed by atoms with Gasteiger partial charge in [0.05, 0.1) is 24.5 Å². The molecule has 0 radical (unpaired) electrons. The van der Waals surface area contributed by atoms with Crippen molar-refractivity contribution in [1.82, 2.24) is 0 Å². The first-order chi connectivity index (χ1) is 9.93. The van der Waals surface area contributed by atoms with Gasteiger partial charge in [0, 0.05) is 19.7 Å². The number of hydrogen-bond acceptors (Lipinski definition) is 4. The van der Waals surface area contributed by atoms with Crippen molar-refractivity contribution in [2.75, 3.05) is 18.5 Å². The zero-order valence-electron chi connectivity index (χ0n) is 13.7. The van der Waals surface area contributed by atoms with E-state index >= 15 is 0 Å². The van der Waals surface area contributed by atoms with Crippen LogP contribution < -0.4 is 10.2 Å². The molecular weight excluding hydrogens is 287 g/mol. The Labute approximate surface area is 129 Å². The first-order valence-corrected chi connectivity index (χ1v) is 10.6. The Bertz CT molecular complexity index is 296. The van der Waals surface area contributed by atoms with Gasteiger partial charge in [-0.2, -0.15) is 0 Å². The molecule has 0 aromatic rings. The highest BCUT2D eigenvalue weighted by molar-refractivity contribution is 7.77. The maximum absolute atomic E-state index is 11.6. The Hall–Kier alpha value is -0.630. The lowest BCUT2D eigenvalue weighted by molar-refractivity contribution is -0.314. The molecule has 1 unspecified atom stereocenters. The molecular formula is C16H30O4P-. The van der Waals surface area contributed by atoms with Crippen LogP contribution in [0, 0.1) is 0 Å². The Balaban J connectivity index is 5.39. The highest BCUT2D eigenvalue weighted by Gasteiger charge is 2.44. The van der Waals surface area contributed by atoms with Crippen LogP contribution in [0.2, 0.25) is 0 Å². The van der Waals surface area contributed by atoms with Crippen molar-refractivity contribution in [2.45, 2.75) is 71.4 Å². The third kappa shape index (κ3) is 7.26. The Morgan fingerprint density at radius 2 is 1.24 bits per heavy atom. The van der Waals surface area contributed by atoms with E-state index in [2.05, 4.69) is 20.8 Å². The van der Waals surface area contributed by atoms with E-state index in [0.717, 1.165) is 57.0 Å². The number of rotatable bonds is 13. The zero-order chi connectivity index (χ0) is 16.3. The topological polar surface area (TPSA) is 80.3 Å². The molecule has 0 aliphatic carbocycles. The number of carbonyl (C=O) groups excluding carboxylic acids is 2. The van der Waals surface area contributed by atoms with Gasteiger partial charge in [0.25, 0.3) is 0 Å². The fourth-order valence-electron chi connectivity index (χ4n) is 2.88. The molecule has 0 N–H and O–H groups in total. The summed E-state index contributed by atoms with van der Waals surface area (Å²) >= 11 is 0. The van der Waals surface area contributed by atoms with Gasteiger partial charge in [0.1, 0.15) is 5.66 Å². The molecule has 0 spiro atoms. The van der Waals surface area contributed by atoms with E-state index in [1.165, 1.54) is 0 Å². The summed E-state index contributed by atoms with van der Waals surface area (Å²) in [4.78, 5) is 22.6. The molecule has 0 fully saturated rings. The number of carboxylic acids is 2. The number of carbonyl (C=O) groups is 2. The fraction of sp³-hybridized carbons (Fsp3) is 0.875. The molecule has 0 bridgehead atoms. The van der Waals surface area contributed by atoms with Crippen molar-refractivity contribution in [2.24, 2.45) is 0 Å². The van der Waals surface area contributed by atoms with Crippen molar-refractivity contribution in [3.63, 3.8) is 0 Å². The summed E-state index contributed by atoms with van der Waals surface area (Å²) in [6, 6.07) is 0. The quantitative estimate of drug-likeness (QED) is 0.484. The predicted octanol–water partition coefficient (Wildman–Crippen LogP) is 1.66. The zero-order valence-corrected chi connectivity index (χ0v) is 14.6. The molecule has 5 heteroatoms. The molecule has 124 valence electrons. The van der Waals surface area contributed by atoms with E-state index in [1.807, 2.05) is 0 Å². The first kappa shape index (κ1) is 20.4. The molecule has 4 nitrogen and oxygen atoms in total. The summed E-state index contributed by atoms with van der Waals surface area (Å²) in [6.45, 7) is 6.25. The van der Waals surface area contributed by atoms with E-state index in [4.69, 9.17) is 0 Å². The summed E-state index contributed by atoms with van der Waals surface area (Å²) in [5.74, 6) is -2.45. The smallest absolute Gasteiger partial charge is 0.114 e. The van der Waals surface area contributed by atoms with E-state index in [9.17, 15) is 19.8 Å². The maximum Gasteiger partial charge on any atom is 0.114 e. The molecule has 0 aliphatic heterocycles. The Morgan fingerprint density at radius 1 is 0.857 bits per heavy atom. The molecule has 0 aromatic carbocycles. The second-order valence-corrected chi connectivity index (χ2v) is 10.3. The van der Waals surface area contributed by atoms with E-state index in [0.29, 0.717) is 0 Å². The highest BCUT2D eigenvalue weighted by Crippen LogP contribution is 2.65. The van der Waals surface area contributed by atoms with Crippen molar-refractivity contribution in [3.8, 4) is 0 Å². The monoisotopic (exact) mass is 317 g/mol. The van der Waals surface area contributed by atoms with Crippen LogP contribution in [0.25, 0.3) is 0 Å². The van der Waals surface area contributed by atoms with E-state index in [1.54, 1.807) is 0 Å². The van der Waals surface area contributed by atoms with Gasteiger partial charge < -0.3 is 19.8 Å². The maximum atomic E-state index is 11.6. The van der Waals surface area contributed by atoms with Crippen molar-refractivity contribution < 1.29 is 19.8 Å². The molecule has 0 saturated heterocycles. The standard InChI is InChI=1S/C16H31O4P/c1-4-7-10-21(11-8-5-2,12-9-6-3)14(16(19)20)13-15(17)18/h14H,4-13H2,1-3H3,(H-,17,18,19,20)/p-1. The van der Waals surface area contributed by atoms with Crippen LogP contribution in [0.15, 0.2) is 0 Å². The van der Waals surface area contributed by atoms with Crippen LogP contribution in [-0.2, 0) is 9.59 Å². The third-order valence-corrected chi connectivity index (χ3v) is 9.50. The number of aliphatic carboxylic acids is 2. The van der Waals surface area contributed by atoms with Crippen LogP contribution >= 0.6 is 7.26 Å². The van der Waals surface area contributed by atoms with Crippen LogP contribution in [0.5, 0.6) is 0 Å². The van der Waals surface area contributed by atoms with Gasteiger partial charge in [-0.3, -0.25) is 0 Å². The normalized spacial score (nSPS) is 13.1. The lowest BCUT2D eigenvalue weighted by Gasteiger charge is -2.36. The average molecular weight is 317 g/mol. The molecule has 0 rings (SSSR count). The fourth-order valence-corrected chi connectivity index (χ4v) is 8.31. The van der Waals surface area contributed by atoms with E-state index < -0.39 is 24.9 Å². The lowest BCUT2D eigenvalue weighted by Crippen LogP contribution is -2.43. The molecule has 0 amide bonds. The molecule has 0 aromatic heterocycles. The first-order valence-electron chi connectivity index (χ1n) is 8.20. The predicted molar refractivity (Wildman–Crippen MR) is 84.7 cm³/mol. The van der Waals surface area contributed by atoms with Gasteiger partial charge in [-0.25, -0.2) is 0 Å². The molecule has 0 aliphatic rings. The SMILES string of the molecule is CCCC[P+](CCCC)(CCCC)C(CC(=O)[O-])C(=O)[O-]. The summed E-state index contributed by atoms with van der Waals surface area (Å²) < 4.78 is 0. The molecule has 21 heavy (non-hydrogen) atoms. The van der Waals surface area contributed by atoms with E-state index in [-0.39, 0.29) is 6.42 Å². The van der Waals surface area contributed by atoms with Gasteiger partial charge >= 0.3 is 0 Å². The van der Waals surface area contributed by atoms with Gasteiger partial charge in [0.15, 0.2) is 0 Å². The van der Waals surface area contributed by atoms with Crippen LogP contribution in [-0.4, -0.2) is 36.1 Å². The minimum atomic E-state index is -1.85. The minimum absolute atomic E-state index is 0.382. The van der Waals surface area contributed by atoms with Gasteiger partial charge in [-0.1, -0.05) is 40.0 Å². The number of unbranched alkanes of at least 4 members (excludes halogenated alkanes) is 3. The second kappa shape index (κ2) is 11.0. The van der Waals surface area contributed by atoms with Crippen LogP contribution in [0.3, 0.4) is 0 Å². The summed E-state index contributed by atoms with van der Waals surface area (Å²) in [6.07, 6.45) is 8.16. The number of hydrogen-bond donors (Lipinski definition) is 0. The largest absolute Gasteiger partial charge is 0.550 e. The molecule has 1 atom stereocenters. The highest BCUT2D eigenvalue weighted by atomic mass is 31.2. The minimum Gasteiger partial charge on any atom is -0.550 e. The number of carboxylic acid groups (broad SMARTS) is 2. The average Bonchev–Trinajstić information content (AvgIpc) is 2.44. The van der Waals surface area contributed by atoms with Crippen LogP contribution in [0.1, 0.15) is 65.7 Å². The summed E-state index contributed by atoms with van der Waals surface area (Å²) in [7, 11) is -1.85. The Morgan fingerprint density at radius 3 is 1.48 bits per heavy atom. The summed E-state index contributed by atoms with van der Waals surface area (Å²) in [5, 5.41) is 22.6. The van der Waals surface area contributed by atoms with Gasteiger partial charge in [-0.05, 0) is 19.3 Å². The van der Waals surface area contributed by atoms with Crippen molar-refractivity contribution in [1.29, 1.82) is 0 Å². The van der Waals surface area contributed by atoms with Crippen molar-refractivity contribution >= 4 is 19.2 Å². The van der Waals surface area contributed by atoms with Crippen LogP contribution in [0.4, 0.5) is 0 Å². The Kier molecular flexibility index (Phi) is 10.7. The molecule has 0 heterocycles. The van der Waals surface area contributed by atoms with Gasteiger partial charge in [0.2, 0.25) is 0 Å². The lowest BCUT2D eigenvalue weighted by atomic mass is 10.3. The van der Waals surface area contributed by atoms with Crippen molar-refractivity contribution in [3.05, 3.63) is 0 Å². The van der Waals surface area contributed by atoms with Gasteiger partial charge in [-0.15, -0.1) is 0 Å². The third-order valence-electron chi connectivity index (χ3n) is 4.16.